The largest absolute Gasteiger partial charge is 0.418 e. The van der Waals surface area contributed by atoms with E-state index in [2.05, 4.69) is 0 Å². The van der Waals surface area contributed by atoms with Crippen LogP contribution >= 0.6 is 0 Å². The highest BCUT2D eigenvalue weighted by atomic mass is 32.2. The predicted molar refractivity (Wildman–Crippen MR) is 90.1 cm³/mol. The molecule has 0 saturated carbocycles. The first kappa shape index (κ1) is 19.4. The third-order valence-corrected chi connectivity index (χ3v) is 6.15. The second-order valence-electron chi connectivity index (χ2n) is 7.04. The maximum atomic E-state index is 13.6. The van der Waals surface area contributed by atoms with Crippen LogP contribution in [-0.2, 0) is 25.5 Å². The molecule has 1 aromatic carbocycles. The van der Waals surface area contributed by atoms with Gasteiger partial charge in [0.25, 0.3) is 0 Å². The molecule has 3 rings (SSSR count). The molecule has 1 spiro atoms. The van der Waals surface area contributed by atoms with Gasteiger partial charge in [0.05, 0.1) is 23.7 Å². The fourth-order valence-corrected chi connectivity index (χ4v) is 4.20. The molecule has 2 aliphatic rings. The third kappa shape index (κ3) is 4.15. The van der Waals surface area contributed by atoms with Crippen molar-refractivity contribution in [2.24, 2.45) is 5.41 Å². The summed E-state index contributed by atoms with van der Waals surface area (Å²) in [5.41, 5.74) is -1.17. The van der Waals surface area contributed by atoms with Gasteiger partial charge in [-0.2, -0.15) is 13.2 Å². The number of nitrogens with zero attached hydrogens (tertiary/aromatic N) is 1. The molecule has 2 aliphatic heterocycles. The van der Waals surface area contributed by atoms with Gasteiger partial charge >= 0.3 is 6.18 Å². The fourth-order valence-electron chi connectivity index (χ4n) is 3.55. The summed E-state index contributed by atoms with van der Waals surface area (Å²) in [6.45, 7) is 2.71. The van der Waals surface area contributed by atoms with Crippen LogP contribution in [0.5, 0.6) is 0 Å². The number of hydrogen-bond acceptors (Lipinski definition) is 5. The molecule has 0 bridgehead atoms. The third-order valence-electron chi connectivity index (χ3n) is 5.04. The zero-order chi connectivity index (χ0) is 19.0. The van der Waals surface area contributed by atoms with Crippen LogP contribution in [0.3, 0.4) is 0 Å². The van der Waals surface area contributed by atoms with E-state index in [-0.39, 0.29) is 16.0 Å². The first-order chi connectivity index (χ1) is 12.1. The Labute approximate surface area is 151 Å². The molecule has 0 unspecified atom stereocenters. The maximum Gasteiger partial charge on any atom is 0.418 e. The summed E-state index contributed by atoms with van der Waals surface area (Å²) in [5, 5.41) is 0. The van der Waals surface area contributed by atoms with Gasteiger partial charge in [0.2, 0.25) is 0 Å². The van der Waals surface area contributed by atoms with E-state index in [1.165, 1.54) is 12.1 Å². The number of sulfone groups is 1. The molecule has 0 amide bonds. The van der Waals surface area contributed by atoms with Gasteiger partial charge in [0.1, 0.15) is 0 Å². The molecule has 146 valence electrons. The minimum absolute atomic E-state index is 0.00117. The Bertz CT molecular complexity index is 758. The summed E-state index contributed by atoms with van der Waals surface area (Å²) in [5.74, 6) is 0. The Morgan fingerprint density at radius 2 is 1.81 bits per heavy atom. The second kappa shape index (κ2) is 7.01. The first-order valence-electron chi connectivity index (χ1n) is 8.43. The number of rotatable bonds is 2. The normalized spacial score (nSPS) is 21.6. The molecule has 0 aliphatic carbocycles. The van der Waals surface area contributed by atoms with Crippen LogP contribution in [0, 0.1) is 5.41 Å². The van der Waals surface area contributed by atoms with Crippen molar-refractivity contribution in [2.45, 2.75) is 23.9 Å². The minimum Gasteiger partial charge on any atom is -0.381 e. The Morgan fingerprint density at radius 1 is 1.12 bits per heavy atom. The number of halogens is 3. The van der Waals surface area contributed by atoms with E-state index < -0.39 is 21.6 Å². The van der Waals surface area contributed by atoms with Crippen molar-refractivity contribution in [3.05, 3.63) is 23.8 Å². The lowest BCUT2D eigenvalue weighted by Gasteiger charge is -2.39. The van der Waals surface area contributed by atoms with Crippen LogP contribution in [0.2, 0.25) is 0 Å². The topological polar surface area (TPSA) is 55.8 Å². The van der Waals surface area contributed by atoms with E-state index in [4.69, 9.17) is 9.47 Å². The van der Waals surface area contributed by atoms with E-state index in [9.17, 15) is 21.6 Å². The highest BCUT2D eigenvalue weighted by Gasteiger charge is 2.40. The monoisotopic (exact) mass is 393 g/mol. The Kier molecular flexibility index (Phi) is 5.24. The standard InChI is InChI=1S/C17H22F3NO4S/c1-26(22,23)13-2-3-15(14(10-13)17(18,19)20)21-6-9-25-12-16(11-21)4-7-24-8-5-16/h2-3,10H,4-9,11-12H2,1H3. The number of benzene rings is 1. The Balaban J connectivity index is 2.01. The average Bonchev–Trinajstić information content (AvgIpc) is 2.76. The smallest absolute Gasteiger partial charge is 0.381 e. The summed E-state index contributed by atoms with van der Waals surface area (Å²) in [7, 11) is -3.73. The summed E-state index contributed by atoms with van der Waals surface area (Å²) < 4.78 is 75.3. The molecule has 0 N–H and O–H groups in total. The van der Waals surface area contributed by atoms with Crippen LogP contribution in [0.4, 0.5) is 18.9 Å². The average molecular weight is 393 g/mol. The van der Waals surface area contributed by atoms with Gasteiger partial charge in [0.15, 0.2) is 9.84 Å². The van der Waals surface area contributed by atoms with Gasteiger partial charge in [-0.05, 0) is 31.0 Å². The van der Waals surface area contributed by atoms with Crippen LogP contribution < -0.4 is 4.90 Å². The Hall–Kier alpha value is -1.32. The molecule has 1 aromatic rings. The highest BCUT2D eigenvalue weighted by molar-refractivity contribution is 7.90. The number of ether oxygens (including phenoxy) is 2. The lowest BCUT2D eigenvalue weighted by Crippen LogP contribution is -2.43. The van der Waals surface area contributed by atoms with E-state index in [0.717, 1.165) is 25.2 Å². The van der Waals surface area contributed by atoms with Gasteiger partial charge in [0, 0.05) is 43.7 Å². The quantitative estimate of drug-likeness (QED) is 0.773. The van der Waals surface area contributed by atoms with Crippen molar-refractivity contribution < 1.29 is 31.1 Å². The number of anilines is 1. The van der Waals surface area contributed by atoms with Crippen LogP contribution in [0.1, 0.15) is 18.4 Å². The van der Waals surface area contributed by atoms with Crippen LogP contribution in [0.15, 0.2) is 23.1 Å². The number of hydrogen-bond donors (Lipinski definition) is 0. The summed E-state index contributed by atoms with van der Waals surface area (Å²) in [6, 6.07) is 3.23. The first-order valence-corrected chi connectivity index (χ1v) is 10.3. The second-order valence-corrected chi connectivity index (χ2v) is 9.05. The molecule has 2 fully saturated rings. The van der Waals surface area contributed by atoms with Gasteiger partial charge < -0.3 is 14.4 Å². The fraction of sp³-hybridized carbons (Fsp3) is 0.647. The van der Waals surface area contributed by atoms with Crippen molar-refractivity contribution in [3.63, 3.8) is 0 Å². The molecule has 9 heteroatoms. The molecule has 2 heterocycles. The molecular formula is C17H22F3NO4S. The van der Waals surface area contributed by atoms with Gasteiger partial charge in [-0.15, -0.1) is 0 Å². The van der Waals surface area contributed by atoms with E-state index >= 15 is 0 Å². The zero-order valence-corrected chi connectivity index (χ0v) is 15.3. The molecule has 2 saturated heterocycles. The molecule has 26 heavy (non-hydrogen) atoms. The van der Waals surface area contributed by atoms with E-state index in [0.29, 0.717) is 39.5 Å². The SMILES string of the molecule is CS(=O)(=O)c1ccc(N2CCOCC3(CCOCC3)C2)c(C(F)(F)F)c1. The zero-order valence-electron chi connectivity index (χ0n) is 14.5. The lowest BCUT2D eigenvalue weighted by molar-refractivity contribution is -0.137. The molecular weight excluding hydrogens is 371 g/mol. The van der Waals surface area contributed by atoms with Crippen molar-refractivity contribution in [1.29, 1.82) is 0 Å². The van der Waals surface area contributed by atoms with E-state index in [1.807, 2.05) is 0 Å². The summed E-state index contributed by atoms with van der Waals surface area (Å²) in [6.07, 6.45) is -2.29. The maximum absolute atomic E-state index is 13.6. The molecule has 0 aromatic heterocycles. The van der Waals surface area contributed by atoms with Crippen molar-refractivity contribution in [1.82, 2.24) is 0 Å². The summed E-state index contributed by atoms with van der Waals surface area (Å²) >= 11 is 0. The molecule has 5 nitrogen and oxygen atoms in total. The van der Waals surface area contributed by atoms with Gasteiger partial charge in [-0.1, -0.05) is 0 Å². The van der Waals surface area contributed by atoms with Crippen LogP contribution in [-0.4, -0.2) is 54.2 Å². The van der Waals surface area contributed by atoms with Crippen molar-refractivity contribution in [3.8, 4) is 0 Å². The summed E-state index contributed by atoms with van der Waals surface area (Å²) in [4.78, 5) is 1.34. The minimum atomic E-state index is -4.65. The van der Waals surface area contributed by atoms with Crippen molar-refractivity contribution in [2.75, 3.05) is 50.7 Å². The highest BCUT2D eigenvalue weighted by Crippen LogP contribution is 2.41. The Morgan fingerprint density at radius 3 is 2.42 bits per heavy atom. The van der Waals surface area contributed by atoms with E-state index in [1.54, 1.807) is 4.90 Å². The molecule has 0 radical (unpaired) electrons. The van der Waals surface area contributed by atoms with Gasteiger partial charge in [-0.3, -0.25) is 0 Å². The lowest BCUT2D eigenvalue weighted by atomic mass is 9.80. The van der Waals surface area contributed by atoms with Crippen LogP contribution in [0.25, 0.3) is 0 Å². The van der Waals surface area contributed by atoms with Gasteiger partial charge in [-0.25, -0.2) is 8.42 Å². The molecule has 0 atom stereocenters. The predicted octanol–water partition coefficient (Wildman–Crippen LogP) is 2.74. The number of alkyl halides is 3. The van der Waals surface area contributed by atoms with Crippen molar-refractivity contribution >= 4 is 15.5 Å².